The lowest BCUT2D eigenvalue weighted by atomic mass is 9.83. The van der Waals surface area contributed by atoms with Gasteiger partial charge in [-0.25, -0.2) is 4.79 Å². The third-order valence-corrected chi connectivity index (χ3v) is 8.19. The fourth-order valence-electron chi connectivity index (χ4n) is 3.75. The second kappa shape index (κ2) is 9.08. The maximum Gasteiger partial charge on any atom is 0.338 e. The van der Waals surface area contributed by atoms with Gasteiger partial charge in [-0.05, 0) is 23.3 Å². The summed E-state index contributed by atoms with van der Waals surface area (Å²) in [5, 5.41) is 0. The first-order valence-electron chi connectivity index (χ1n) is 9.46. The van der Waals surface area contributed by atoms with Crippen LogP contribution in [0.25, 0.3) is 0 Å². The van der Waals surface area contributed by atoms with Gasteiger partial charge in [0.15, 0.2) is 0 Å². The largest absolute Gasteiger partial charge is 0.455 e. The van der Waals surface area contributed by atoms with Gasteiger partial charge >= 0.3 is 5.97 Å². The minimum atomic E-state index is -0.484. The highest BCUT2D eigenvalue weighted by molar-refractivity contribution is 8.77. The van der Waals surface area contributed by atoms with Crippen LogP contribution in [0.2, 0.25) is 0 Å². The lowest BCUT2D eigenvalue weighted by molar-refractivity contribution is -0.0383. The van der Waals surface area contributed by atoms with Crippen molar-refractivity contribution in [3.8, 4) is 0 Å². The Morgan fingerprint density at radius 2 is 1.38 bits per heavy atom. The molecule has 0 saturated carbocycles. The average molecular weight is 423 g/mol. The van der Waals surface area contributed by atoms with Gasteiger partial charge in [-0.3, -0.25) is 0 Å². The van der Waals surface area contributed by atoms with Gasteiger partial charge in [0.1, 0.15) is 17.0 Å². The zero-order valence-electron chi connectivity index (χ0n) is 16.1. The third-order valence-electron chi connectivity index (χ3n) is 5.09. The molecular formula is C24H22O3S2. The van der Waals surface area contributed by atoms with Crippen LogP contribution in [0.1, 0.15) is 21.5 Å². The smallest absolute Gasteiger partial charge is 0.338 e. The summed E-state index contributed by atoms with van der Waals surface area (Å²) in [6.07, 6.45) is -0.703. The summed E-state index contributed by atoms with van der Waals surface area (Å²) < 4.78 is 11.6. The molecule has 3 nitrogen and oxygen atoms in total. The summed E-state index contributed by atoms with van der Waals surface area (Å²) in [4.78, 5) is 12.8. The second-order valence-corrected chi connectivity index (χ2v) is 9.39. The van der Waals surface area contributed by atoms with Crippen molar-refractivity contribution < 1.29 is 14.3 Å². The predicted octanol–water partition coefficient (Wildman–Crippen LogP) is 5.57. The molecule has 148 valence electrons. The molecule has 0 bridgehead atoms. The lowest BCUT2D eigenvalue weighted by Gasteiger charge is -2.46. The van der Waals surface area contributed by atoms with Crippen LogP contribution in [-0.4, -0.2) is 31.0 Å². The molecule has 0 amide bonds. The molecule has 1 saturated heterocycles. The Labute approximate surface area is 179 Å². The average Bonchev–Trinajstić information content (AvgIpc) is 2.80. The summed E-state index contributed by atoms with van der Waals surface area (Å²) in [6.45, 7) is 0. The van der Waals surface area contributed by atoms with Crippen LogP contribution in [-0.2, 0) is 14.2 Å². The van der Waals surface area contributed by atoms with Gasteiger partial charge in [0.05, 0.1) is 5.56 Å². The van der Waals surface area contributed by atoms with E-state index in [1.165, 1.54) is 0 Å². The van der Waals surface area contributed by atoms with E-state index in [0.29, 0.717) is 11.3 Å². The Bertz CT molecular complexity index is 893. The molecule has 2 unspecified atom stereocenters. The SMILES string of the molecule is COC1C(OC(=O)c2ccccc2)CSSC1(c1ccccc1)c1ccccc1. The van der Waals surface area contributed by atoms with E-state index in [4.69, 9.17) is 9.47 Å². The molecule has 29 heavy (non-hydrogen) atoms. The fraction of sp³-hybridized carbons (Fsp3) is 0.208. The Morgan fingerprint density at radius 1 is 0.862 bits per heavy atom. The number of hydrogen-bond donors (Lipinski definition) is 0. The fourth-order valence-corrected chi connectivity index (χ4v) is 7.21. The van der Waals surface area contributed by atoms with Gasteiger partial charge in [0.2, 0.25) is 0 Å². The molecule has 2 atom stereocenters. The van der Waals surface area contributed by atoms with E-state index in [1.54, 1.807) is 40.8 Å². The van der Waals surface area contributed by atoms with Crippen molar-refractivity contribution in [1.82, 2.24) is 0 Å². The van der Waals surface area contributed by atoms with Crippen LogP contribution in [0.3, 0.4) is 0 Å². The Balaban J connectivity index is 1.74. The molecular weight excluding hydrogens is 400 g/mol. The molecule has 0 radical (unpaired) electrons. The highest BCUT2D eigenvalue weighted by Gasteiger charge is 2.51. The maximum absolute atomic E-state index is 12.8. The number of ether oxygens (including phenoxy) is 2. The first-order valence-corrected chi connectivity index (χ1v) is 11.8. The van der Waals surface area contributed by atoms with Crippen LogP contribution >= 0.6 is 21.6 Å². The highest BCUT2D eigenvalue weighted by atomic mass is 33.1. The summed E-state index contributed by atoms with van der Waals surface area (Å²) in [5.41, 5.74) is 2.82. The zero-order valence-corrected chi connectivity index (χ0v) is 17.7. The van der Waals surface area contributed by atoms with E-state index in [-0.39, 0.29) is 18.2 Å². The van der Waals surface area contributed by atoms with E-state index < -0.39 is 4.75 Å². The quantitative estimate of drug-likeness (QED) is 0.397. The highest BCUT2D eigenvalue weighted by Crippen LogP contribution is 2.56. The van der Waals surface area contributed by atoms with E-state index >= 15 is 0 Å². The molecule has 0 spiro atoms. The molecule has 0 aromatic heterocycles. The number of carbonyl (C=O) groups is 1. The van der Waals surface area contributed by atoms with Crippen LogP contribution < -0.4 is 0 Å². The van der Waals surface area contributed by atoms with Gasteiger partial charge in [0.25, 0.3) is 0 Å². The summed E-state index contributed by atoms with van der Waals surface area (Å²) in [7, 11) is 5.19. The number of esters is 1. The molecule has 3 aromatic rings. The topological polar surface area (TPSA) is 35.5 Å². The molecule has 4 rings (SSSR count). The van der Waals surface area contributed by atoms with Gasteiger partial charge < -0.3 is 9.47 Å². The molecule has 1 fully saturated rings. The van der Waals surface area contributed by atoms with Gasteiger partial charge in [-0.2, -0.15) is 0 Å². The van der Waals surface area contributed by atoms with E-state index in [1.807, 2.05) is 54.6 Å². The van der Waals surface area contributed by atoms with E-state index in [2.05, 4.69) is 24.3 Å². The van der Waals surface area contributed by atoms with Crippen molar-refractivity contribution in [3.63, 3.8) is 0 Å². The molecule has 0 N–H and O–H groups in total. The zero-order chi connectivity index (χ0) is 20.1. The molecule has 0 aliphatic carbocycles. The third kappa shape index (κ3) is 3.95. The molecule has 3 aromatic carbocycles. The van der Waals surface area contributed by atoms with Crippen LogP contribution in [0.4, 0.5) is 0 Å². The van der Waals surface area contributed by atoms with Crippen molar-refractivity contribution in [2.75, 3.05) is 12.9 Å². The molecule has 5 heteroatoms. The second-order valence-electron chi connectivity index (χ2n) is 6.80. The van der Waals surface area contributed by atoms with Crippen molar-refractivity contribution in [3.05, 3.63) is 108 Å². The minimum absolute atomic E-state index is 0.319. The Kier molecular flexibility index (Phi) is 6.28. The van der Waals surface area contributed by atoms with Gasteiger partial charge in [-0.15, -0.1) is 0 Å². The van der Waals surface area contributed by atoms with E-state index in [9.17, 15) is 4.79 Å². The Morgan fingerprint density at radius 3 is 1.90 bits per heavy atom. The summed E-state index contributed by atoms with van der Waals surface area (Å²) in [6, 6.07) is 29.8. The number of methoxy groups -OCH3 is 1. The van der Waals surface area contributed by atoms with Gasteiger partial charge in [0, 0.05) is 12.9 Å². The molecule has 1 aliphatic rings. The van der Waals surface area contributed by atoms with Crippen LogP contribution in [0.5, 0.6) is 0 Å². The Hall–Kier alpha value is -2.21. The number of carbonyl (C=O) groups excluding carboxylic acids is 1. The van der Waals surface area contributed by atoms with Gasteiger partial charge in [-0.1, -0.05) is 100 Å². The van der Waals surface area contributed by atoms with Crippen molar-refractivity contribution in [2.24, 2.45) is 0 Å². The van der Waals surface area contributed by atoms with Crippen molar-refractivity contribution in [1.29, 1.82) is 0 Å². The minimum Gasteiger partial charge on any atom is -0.455 e. The predicted molar refractivity (Wildman–Crippen MR) is 120 cm³/mol. The molecule has 1 aliphatic heterocycles. The lowest BCUT2D eigenvalue weighted by Crippen LogP contribution is -2.51. The van der Waals surface area contributed by atoms with Crippen LogP contribution in [0.15, 0.2) is 91.0 Å². The first-order chi connectivity index (χ1) is 14.3. The summed E-state index contributed by atoms with van der Waals surface area (Å²) in [5.74, 6) is 0.351. The number of rotatable bonds is 5. The monoisotopic (exact) mass is 422 g/mol. The standard InChI is InChI=1S/C24H22O3S2/c1-26-22-21(27-23(25)18-11-5-2-6-12-18)17-28-29-24(22,19-13-7-3-8-14-19)20-15-9-4-10-16-20/h2-16,21-22H,17H2,1H3. The van der Waals surface area contributed by atoms with Crippen LogP contribution in [0, 0.1) is 0 Å². The normalized spacial score (nSPS) is 20.7. The summed E-state index contributed by atoms with van der Waals surface area (Å²) >= 11 is 0. The first kappa shape index (κ1) is 20.1. The van der Waals surface area contributed by atoms with Crippen molar-refractivity contribution >= 4 is 27.6 Å². The van der Waals surface area contributed by atoms with E-state index in [0.717, 1.165) is 11.1 Å². The molecule has 1 heterocycles. The number of benzene rings is 3. The maximum atomic E-state index is 12.8. The van der Waals surface area contributed by atoms with Crippen molar-refractivity contribution in [2.45, 2.75) is 17.0 Å². The number of hydrogen-bond acceptors (Lipinski definition) is 5.